The number of carbonyl (C=O) groups is 1. The molecule has 0 aliphatic heterocycles. The van der Waals surface area contributed by atoms with E-state index in [2.05, 4.69) is 25.4 Å². The fourth-order valence-electron chi connectivity index (χ4n) is 3.12. The molecule has 124 valence electrons. The van der Waals surface area contributed by atoms with Crippen LogP contribution >= 0.6 is 0 Å². The number of nitriles is 1. The summed E-state index contributed by atoms with van der Waals surface area (Å²) in [7, 11) is 0. The average Bonchev–Trinajstić information content (AvgIpc) is 3.25. The molecular formula is C17H20N6O. The zero-order valence-corrected chi connectivity index (χ0v) is 13.6. The number of amides is 2. The Morgan fingerprint density at radius 1 is 1.42 bits per heavy atom. The van der Waals surface area contributed by atoms with Gasteiger partial charge in [-0.15, -0.1) is 10.2 Å². The number of nitrogens with zero attached hydrogens (tertiary/aromatic N) is 4. The monoisotopic (exact) mass is 324 g/mol. The summed E-state index contributed by atoms with van der Waals surface area (Å²) in [5, 5.41) is 22.7. The maximum Gasteiger partial charge on any atom is 0.319 e. The van der Waals surface area contributed by atoms with Gasteiger partial charge in [0.25, 0.3) is 0 Å². The largest absolute Gasteiger partial charge is 0.328 e. The van der Waals surface area contributed by atoms with E-state index in [1.54, 1.807) is 30.6 Å². The minimum atomic E-state index is -0.335. The Kier molecular flexibility index (Phi) is 4.75. The fraction of sp³-hybridized carbons (Fsp3) is 0.412. The Hall–Kier alpha value is -2.88. The average molecular weight is 324 g/mol. The third-order valence-electron chi connectivity index (χ3n) is 4.30. The predicted molar refractivity (Wildman–Crippen MR) is 89.3 cm³/mol. The summed E-state index contributed by atoms with van der Waals surface area (Å²) in [6, 6.07) is 8.68. The first kappa shape index (κ1) is 16.0. The van der Waals surface area contributed by atoms with Crippen molar-refractivity contribution in [3.8, 4) is 6.07 Å². The topological polar surface area (TPSA) is 95.6 Å². The maximum absolute atomic E-state index is 12.2. The summed E-state index contributed by atoms with van der Waals surface area (Å²) in [5.74, 6) is 0.767. The highest BCUT2D eigenvalue weighted by Gasteiger charge is 2.23. The SMILES string of the molecule is CC(NC(=O)Nc1cccc(C#N)c1)c1nncn1C1CCCC1. The van der Waals surface area contributed by atoms with Gasteiger partial charge in [0.05, 0.1) is 17.7 Å². The molecule has 24 heavy (non-hydrogen) atoms. The lowest BCUT2D eigenvalue weighted by atomic mass is 10.2. The summed E-state index contributed by atoms with van der Waals surface area (Å²) in [4.78, 5) is 12.2. The smallest absolute Gasteiger partial charge is 0.319 e. The molecule has 1 fully saturated rings. The van der Waals surface area contributed by atoms with Crippen molar-refractivity contribution in [3.05, 3.63) is 42.0 Å². The second kappa shape index (κ2) is 7.13. The first-order valence-corrected chi connectivity index (χ1v) is 8.14. The van der Waals surface area contributed by atoms with Gasteiger partial charge in [-0.3, -0.25) is 0 Å². The van der Waals surface area contributed by atoms with Gasteiger partial charge in [-0.1, -0.05) is 18.9 Å². The lowest BCUT2D eigenvalue weighted by Crippen LogP contribution is -2.33. The van der Waals surface area contributed by atoms with Crippen molar-refractivity contribution in [3.63, 3.8) is 0 Å². The summed E-state index contributed by atoms with van der Waals surface area (Å²) in [5.41, 5.74) is 1.08. The number of rotatable bonds is 4. The molecule has 0 spiro atoms. The lowest BCUT2D eigenvalue weighted by Gasteiger charge is -2.19. The standard InChI is InChI=1S/C17H20N6O/c1-12(16-22-19-11-23(16)15-7-2-3-8-15)20-17(24)21-14-6-4-5-13(9-14)10-18/h4-6,9,11-12,15H,2-3,7-8H2,1H3,(H2,20,21,24). The first-order chi connectivity index (χ1) is 11.7. The molecule has 1 aliphatic rings. The van der Waals surface area contributed by atoms with Crippen molar-refractivity contribution in [1.82, 2.24) is 20.1 Å². The fourth-order valence-corrected chi connectivity index (χ4v) is 3.12. The van der Waals surface area contributed by atoms with E-state index in [-0.39, 0.29) is 12.1 Å². The first-order valence-electron chi connectivity index (χ1n) is 8.14. The van der Waals surface area contributed by atoms with Crippen LogP contribution in [-0.2, 0) is 0 Å². The van der Waals surface area contributed by atoms with Gasteiger partial charge in [-0.2, -0.15) is 5.26 Å². The van der Waals surface area contributed by atoms with Gasteiger partial charge in [0.15, 0.2) is 5.82 Å². The molecule has 1 atom stereocenters. The molecule has 3 rings (SSSR count). The van der Waals surface area contributed by atoms with E-state index in [0.717, 1.165) is 18.7 Å². The second-order valence-corrected chi connectivity index (χ2v) is 6.05. The molecule has 2 N–H and O–H groups in total. The Balaban J connectivity index is 1.64. The zero-order valence-electron chi connectivity index (χ0n) is 13.6. The van der Waals surface area contributed by atoms with Crippen LogP contribution in [-0.4, -0.2) is 20.8 Å². The number of aromatic nitrogens is 3. The number of anilines is 1. The Morgan fingerprint density at radius 3 is 2.96 bits per heavy atom. The van der Waals surface area contributed by atoms with Gasteiger partial charge in [-0.25, -0.2) is 4.79 Å². The van der Waals surface area contributed by atoms with Gasteiger partial charge >= 0.3 is 6.03 Å². The molecule has 7 nitrogen and oxygen atoms in total. The summed E-state index contributed by atoms with van der Waals surface area (Å²) in [6.07, 6.45) is 6.45. The molecule has 2 amide bonds. The van der Waals surface area contributed by atoms with E-state index >= 15 is 0 Å². The van der Waals surface area contributed by atoms with E-state index in [9.17, 15) is 4.79 Å². The summed E-state index contributed by atoms with van der Waals surface area (Å²) >= 11 is 0. The summed E-state index contributed by atoms with van der Waals surface area (Å²) in [6.45, 7) is 1.89. The van der Waals surface area contributed by atoms with Crippen molar-refractivity contribution in [2.75, 3.05) is 5.32 Å². The molecule has 0 bridgehead atoms. The summed E-state index contributed by atoms with van der Waals surface area (Å²) < 4.78 is 2.08. The van der Waals surface area contributed by atoms with Crippen molar-refractivity contribution in [1.29, 1.82) is 5.26 Å². The van der Waals surface area contributed by atoms with E-state index in [0.29, 0.717) is 17.3 Å². The van der Waals surface area contributed by atoms with E-state index in [1.165, 1.54) is 12.8 Å². The molecule has 2 aromatic rings. The molecule has 1 aliphatic carbocycles. The zero-order chi connectivity index (χ0) is 16.9. The minimum Gasteiger partial charge on any atom is -0.328 e. The van der Waals surface area contributed by atoms with Crippen LogP contribution in [0.1, 0.15) is 56.1 Å². The third kappa shape index (κ3) is 3.54. The number of hydrogen-bond acceptors (Lipinski definition) is 4. The number of carbonyl (C=O) groups excluding carboxylic acids is 1. The van der Waals surface area contributed by atoms with Crippen LogP contribution in [0.15, 0.2) is 30.6 Å². The molecule has 0 saturated heterocycles. The maximum atomic E-state index is 12.2. The highest BCUT2D eigenvalue weighted by atomic mass is 16.2. The Labute approximate surface area is 140 Å². The van der Waals surface area contributed by atoms with E-state index < -0.39 is 0 Å². The van der Waals surface area contributed by atoms with Crippen LogP contribution in [0.3, 0.4) is 0 Å². The van der Waals surface area contributed by atoms with Crippen LogP contribution in [0.25, 0.3) is 0 Å². The van der Waals surface area contributed by atoms with Gasteiger partial charge in [0, 0.05) is 11.7 Å². The van der Waals surface area contributed by atoms with E-state index in [4.69, 9.17) is 5.26 Å². The molecule has 1 saturated carbocycles. The van der Waals surface area contributed by atoms with Crippen LogP contribution < -0.4 is 10.6 Å². The highest BCUT2D eigenvalue weighted by molar-refractivity contribution is 5.89. The molecule has 0 radical (unpaired) electrons. The number of hydrogen-bond donors (Lipinski definition) is 2. The highest BCUT2D eigenvalue weighted by Crippen LogP contribution is 2.31. The van der Waals surface area contributed by atoms with Crippen molar-refractivity contribution in [2.45, 2.75) is 44.7 Å². The Bertz CT molecular complexity index is 756. The van der Waals surface area contributed by atoms with Crippen LogP contribution in [0, 0.1) is 11.3 Å². The number of nitrogens with one attached hydrogen (secondary N) is 2. The molecule has 1 unspecified atom stereocenters. The Morgan fingerprint density at radius 2 is 2.21 bits per heavy atom. The van der Waals surface area contributed by atoms with Crippen LogP contribution in [0.2, 0.25) is 0 Å². The second-order valence-electron chi connectivity index (χ2n) is 6.05. The normalized spacial score (nSPS) is 15.7. The number of urea groups is 1. The van der Waals surface area contributed by atoms with Crippen molar-refractivity contribution >= 4 is 11.7 Å². The molecule has 1 heterocycles. The van der Waals surface area contributed by atoms with Crippen molar-refractivity contribution < 1.29 is 4.79 Å². The van der Waals surface area contributed by atoms with Crippen LogP contribution in [0.4, 0.5) is 10.5 Å². The van der Waals surface area contributed by atoms with Gasteiger partial charge < -0.3 is 15.2 Å². The van der Waals surface area contributed by atoms with Crippen molar-refractivity contribution in [2.24, 2.45) is 0 Å². The van der Waals surface area contributed by atoms with Gasteiger partial charge in [0.2, 0.25) is 0 Å². The quantitative estimate of drug-likeness (QED) is 0.903. The minimum absolute atomic E-state index is 0.257. The lowest BCUT2D eigenvalue weighted by molar-refractivity contribution is 0.248. The van der Waals surface area contributed by atoms with Crippen LogP contribution in [0.5, 0.6) is 0 Å². The predicted octanol–water partition coefficient (Wildman–Crippen LogP) is 3.15. The molecule has 1 aromatic carbocycles. The van der Waals surface area contributed by atoms with Gasteiger partial charge in [0.1, 0.15) is 6.33 Å². The molecular weight excluding hydrogens is 304 g/mol. The molecule has 7 heteroatoms. The number of benzene rings is 1. The third-order valence-corrected chi connectivity index (χ3v) is 4.30. The van der Waals surface area contributed by atoms with Gasteiger partial charge in [-0.05, 0) is 38.0 Å². The van der Waals surface area contributed by atoms with E-state index in [1.807, 2.05) is 13.0 Å². The molecule has 1 aromatic heterocycles.